The van der Waals surface area contributed by atoms with Crippen molar-refractivity contribution in [3.63, 3.8) is 0 Å². The second-order valence-corrected chi connectivity index (χ2v) is 3.07. The van der Waals surface area contributed by atoms with Crippen molar-refractivity contribution >= 4 is 5.97 Å². The van der Waals surface area contributed by atoms with Crippen LogP contribution < -0.4 is 0 Å². The van der Waals surface area contributed by atoms with E-state index in [-0.39, 0.29) is 0 Å². The number of aliphatic hydroxyl groups is 1. The van der Waals surface area contributed by atoms with Crippen LogP contribution in [0.3, 0.4) is 0 Å². The van der Waals surface area contributed by atoms with Crippen molar-refractivity contribution in [1.29, 1.82) is 0 Å². The Kier molecular flexibility index (Phi) is 1.63. The number of fused-ring (bicyclic) bond motifs is 1. The summed E-state index contributed by atoms with van der Waals surface area (Å²) >= 11 is 0. The first-order chi connectivity index (χ1) is 6.17. The predicted octanol–water partition coefficient (Wildman–Crippen LogP) is 1.41. The van der Waals surface area contributed by atoms with Gasteiger partial charge in [0.25, 0.3) is 0 Å². The molecule has 2 rings (SSSR count). The molecule has 0 amide bonds. The van der Waals surface area contributed by atoms with Crippen molar-refractivity contribution in [3.05, 3.63) is 35.4 Å². The molecule has 3 nitrogen and oxygen atoms in total. The minimum atomic E-state index is -1.41. The molecule has 0 spiro atoms. The highest BCUT2D eigenvalue weighted by atomic mass is 16.7. The van der Waals surface area contributed by atoms with Gasteiger partial charge in [0.05, 0.1) is 5.56 Å². The first kappa shape index (κ1) is 8.26. The Morgan fingerprint density at radius 2 is 2.15 bits per heavy atom. The summed E-state index contributed by atoms with van der Waals surface area (Å²) in [5, 5.41) is 9.88. The predicted molar refractivity (Wildman–Crippen MR) is 46.0 cm³/mol. The van der Waals surface area contributed by atoms with Gasteiger partial charge in [0.1, 0.15) is 0 Å². The maximum atomic E-state index is 11.3. The second-order valence-electron chi connectivity index (χ2n) is 3.07. The Balaban J connectivity index is 2.59. The van der Waals surface area contributed by atoms with Crippen molar-refractivity contribution in [2.75, 3.05) is 0 Å². The highest BCUT2D eigenvalue weighted by molar-refractivity contribution is 5.94. The molecule has 0 aliphatic carbocycles. The van der Waals surface area contributed by atoms with Crippen molar-refractivity contribution in [2.24, 2.45) is 0 Å². The smallest absolute Gasteiger partial charge is 0.341 e. The highest BCUT2D eigenvalue weighted by Crippen LogP contribution is 2.36. The maximum absolute atomic E-state index is 11.3. The quantitative estimate of drug-likeness (QED) is 0.661. The van der Waals surface area contributed by atoms with Crippen LogP contribution in [0, 0.1) is 0 Å². The van der Waals surface area contributed by atoms with E-state index in [1.807, 2.05) is 0 Å². The van der Waals surface area contributed by atoms with Crippen molar-refractivity contribution in [3.8, 4) is 0 Å². The summed E-state index contributed by atoms with van der Waals surface area (Å²) in [7, 11) is 0. The first-order valence-electron chi connectivity index (χ1n) is 4.22. The van der Waals surface area contributed by atoms with Crippen LogP contribution in [-0.4, -0.2) is 11.1 Å². The minimum Gasteiger partial charge on any atom is -0.425 e. The number of cyclic esters (lactones) is 1. The molecule has 3 heteroatoms. The lowest BCUT2D eigenvalue weighted by atomic mass is 10.0. The summed E-state index contributed by atoms with van der Waals surface area (Å²) in [6, 6.07) is 6.90. The Hall–Kier alpha value is -1.35. The van der Waals surface area contributed by atoms with Gasteiger partial charge in [-0.05, 0) is 6.07 Å². The molecule has 1 unspecified atom stereocenters. The average molecular weight is 178 g/mol. The summed E-state index contributed by atoms with van der Waals surface area (Å²) in [4.78, 5) is 11.3. The maximum Gasteiger partial charge on any atom is 0.341 e. The molecule has 0 radical (unpaired) electrons. The number of ether oxygens (including phenoxy) is 1. The summed E-state index contributed by atoms with van der Waals surface area (Å²) in [5.74, 6) is -1.85. The van der Waals surface area contributed by atoms with Crippen LogP contribution >= 0.6 is 0 Å². The molecule has 1 aromatic carbocycles. The molecular weight excluding hydrogens is 168 g/mol. The molecule has 1 N–H and O–H groups in total. The van der Waals surface area contributed by atoms with Crippen LogP contribution in [0.15, 0.2) is 24.3 Å². The molecule has 1 aliphatic heterocycles. The summed E-state index contributed by atoms with van der Waals surface area (Å²) in [6.07, 6.45) is 0.371. The number of rotatable bonds is 1. The zero-order valence-electron chi connectivity index (χ0n) is 7.28. The van der Waals surface area contributed by atoms with E-state index in [9.17, 15) is 9.90 Å². The van der Waals surface area contributed by atoms with Gasteiger partial charge >= 0.3 is 5.97 Å². The van der Waals surface area contributed by atoms with Gasteiger partial charge in [-0.2, -0.15) is 0 Å². The minimum absolute atomic E-state index is 0.371. The lowest BCUT2D eigenvalue weighted by Crippen LogP contribution is -2.24. The van der Waals surface area contributed by atoms with E-state index in [1.165, 1.54) is 0 Å². The molecule has 0 aromatic heterocycles. The molecule has 1 aliphatic rings. The van der Waals surface area contributed by atoms with E-state index >= 15 is 0 Å². The number of hydrogen-bond acceptors (Lipinski definition) is 3. The third-order valence-corrected chi connectivity index (χ3v) is 2.31. The van der Waals surface area contributed by atoms with Crippen LogP contribution in [0.4, 0.5) is 0 Å². The van der Waals surface area contributed by atoms with E-state index in [4.69, 9.17) is 4.74 Å². The van der Waals surface area contributed by atoms with Gasteiger partial charge in [0, 0.05) is 12.0 Å². The van der Waals surface area contributed by atoms with E-state index in [2.05, 4.69) is 0 Å². The van der Waals surface area contributed by atoms with Gasteiger partial charge in [0.15, 0.2) is 0 Å². The van der Waals surface area contributed by atoms with Crippen LogP contribution in [0.5, 0.6) is 0 Å². The summed E-state index contributed by atoms with van der Waals surface area (Å²) in [6.45, 7) is 1.77. The summed E-state index contributed by atoms with van der Waals surface area (Å²) in [5.41, 5.74) is 1.04. The lowest BCUT2D eigenvalue weighted by molar-refractivity contribution is -0.164. The zero-order chi connectivity index (χ0) is 9.47. The fraction of sp³-hybridized carbons (Fsp3) is 0.300. The molecule has 0 saturated heterocycles. The largest absolute Gasteiger partial charge is 0.425 e. The van der Waals surface area contributed by atoms with Gasteiger partial charge in [-0.1, -0.05) is 25.1 Å². The van der Waals surface area contributed by atoms with Crippen molar-refractivity contribution < 1.29 is 14.6 Å². The van der Waals surface area contributed by atoms with Gasteiger partial charge < -0.3 is 9.84 Å². The second kappa shape index (κ2) is 2.57. The van der Waals surface area contributed by atoms with Gasteiger partial charge in [-0.15, -0.1) is 0 Å². The standard InChI is InChI=1S/C10H10O3/c1-2-10(12)8-6-4-3-5-7(8)9(11)13-10/h3-6,12H,2H2,1H3. The number of benzene rings is 1. The number of carbonyl (C=O) groups excluding carboxylic acids is 1. The fourth-order valence-electron chi connectivity index (χ4n) is 1.53. The average Bonchev–Trinajstić information content (AvgIpc) is 2.42. The topological polar surface area (TPSA) is 46.5 Å². The molecule has 13 heavy (non-hydrogen) atoms. The van der Waals surface area contributed by atoms with E-state index in [0.29, 0.717) is 17.5 Å². The van der Waals surface area contributed by atoms with E-state index in [0.717, 1.165) is 0 Å². The van der Waals surface area contributed by atoms with Crippen molar-refractivity contribution in [2.45, 2.75) is 19.1 Å². The number of esters is 1. The molecule has 0 saturated carbocycles. The van der Waals surface area contributed by atoms with Crippen LogP contribution in [0.2, 0.25) is 0 Å². The monoisotopic (exact) mass is 178 g/mol. The van der Waals surface area contributed by atoms with Crippen LogP contribution in [-0.2, 0) is 10.5 Å². The zero-order valence-corrected chi connectivity index (χ0v) is 7.28. The van der Waals surface area contributed by atoms with E-state index < -0.39 is 11.8 Å². The van der Waals surface area contributed by atoms with Gasteiger partial charge in [-0.3, -0.25) is 0 Å². The Bertz CT molecular complexity index is 359. The van der Waals surface area contributed by atoms with Crippen molar-refractivity contribution in [1.82, 2.24) is 0 Å². The summed E-state index contributed by atoms with van der Waals surface area (Å²) < 4.78 is 4.89. The third-order valence-electron chi connectivity index (χ3n) is 2.31. The first-order valence-corrected chi connectivity index (χ1v) is 4.22. The normalized spacial score (nSPS) is 25.5. The van der Waals surface area contributed by atoms with Crippen LogP contribution in [0.25, 0.3) is 0 Å². The SMILES string of the molecule is CCC1(O)OC(=O)c2ccccc21. The molecule has 68 valence electrons. The van der Waals surface area contributed by atoms with Gasteiger partial charge in [-0.25, -0.2) is 4.79 Å². The molecule has 0 fully saturated rings. The van der Waals surface area contributed by atoms with E-state index in [1.54, 1.807) is 31.2 Å². The van der Waals surface area contributed by atoms with Crippen LogP contribution in [0.1, 0.15) is 29.3 Å². The molecular formula is C10H10O3. The Morgan fingerprint density at radius 1 is 1.46 bits per heavy atom. The highest BCUT2D eigenvalue weighted by Gasteiger charge is 2.42. The molecule has 1 atom stereocenters. The Morgan fingerprint density at radius 3 is 2.85 bits per heavy atom. The number of carbonyl (C=O) groups is 1. The fourth-order valence-corrected chi connectivity index (χ4v) is 1.53. The molecule has 1 aromatic rings. The third kappa shape index (κ3) is 1.04. The Labute approximate surface area is 76.0 Å². The molecule has 1 heterocycles. The number of hydrogen-bond donors (Lipinski definition) is 1. The lowest BCUT2D eigenvalue weighted by Gasteiger charge is -2.19. The van der Waals surface area contributed by atoms with Gasteiger partial charge in [0.2, 0.25) is 5.79 Å². The molecule has 0 bridgehead atoms.